The van der Waals surface area contributed by atoms with Gasteiger partial charge < -0.3 is 5.32 Å². The van der Waals surface area contributed by atoms with E-state index in [0.717, 1.165) is 12.1 Å². The third kappa shape index (κ3) is 5.17. The summed E-state index contributed by atoms with van der Waals surface area (Å²) in [6.07, 6.45) is -0.00982. The molecule has 2 N–H and O–H groups in total. The van der Waals surface area contributed by atoms with Crippen molar-refractivity contribution in [1.29, 1.82) is 0 Å². The summed E-state index contributed by atoms with van der Waals surface area (Å²) in [7, 11) is -2.14. The summed E-state index contributed by atoms with van der Waals surface area (Å²) in [4.78, 5) is 25.5. The molecule has 0 saturated heterocycles. The molecule has 0 atom stereocenters. The predicted molar refractivity (Wildman–Crippen MR) is 132 cm³/mol. The van der Waals surface area contributed by atoms with Gasteiger partial charge in [0, 0.05) is 12.7 Å². The first-order valence-electron chi connectivity index (χ1n) is 10.7. The van der Waals surface area contributed by atoms with Gasteiger partial charge >= 0.3 is 0 Å². The van der Waals surface area contributed by atoms with Gasteiger partial charge in [-0.3, -0.25) is 19.0 Å². The summed E-state index contributed by atoms with van der Waals surface area (Å²) in [5.74, 6) is -0.910. The Bertz CT molecular complexity index is 1530. The molecule has 8 nitrogen and oxygen atoms in total. The Labute approximate surface area is 201 Å². The number of rotatable bonds is 7. The Morgan fingerprint density at radius 3 is 2.20 bits per heavy atom. The summed E-state index contributed by atoms with van der Waals surface area (Å²) in [5.41, 5.74) is 2.08. The summed E-state index contributed by atoms with van der Waals surface area (Å²) >= 11 is 0. The van der Waals surface area contributed by atoms with Crippen LogP contribution in [0.2, 0.25) is 0 Å². The second-order valence-corrected chi connectivity index (χ2v) is 9.60. The van der Waals surface area contributed by atoms with E-state index in [0.29, 0.717) is 22.6 Å². The van der Waals surface area contributed by atoms with Gasteiger partial charge in [-0.2, -0.15) is 0 Å². The average molecular weight is 495 g/mol. The van der Waals surface area contributed by atoms with Crippen molar-refractivity contribution in [2.45, 2.75) is 18.2 Å². The molecule has 35 heavy (non-hydrogen) atoms. The second-order valence-electron chi connectivity index (χ2n) is 7.92. The first kappa shape index (κ1) is 24.0. The van der Waals surface area contributed by atoms with Crippen molar-refractivity contribution in [1.82, 2.24) is 9.36 Å². The zero-order valence-corrected chi connectivity index (χ0v) is 19.8. The molecule has 0 spiro atoms. The summed E-state index contributed by atoms with van der Waals surface area (Å²) in [5, 5.41) is 2.70. The molecule has 0 aliphatic carbocycles. The van der Waals surface area contributed by atoms with Crippen LogP contribution in [0.15, 0.2) is 88.6 Å². The smallest absolute Gasteiger partial charge is 0.295 e. The van der Waals surface area contributed by atoms with Crippen LogP contribution in [0, 0.1) is 12.7 Å². The fourth-order valence-electron chi connectivity index (χ4n) is 3.60. The number of sulfonamides is 1. The number of nitrogens with one attached hydrogen (secondary N) is 2. The molecule has 0 radical (unpaired) electrons. The van der Waals surface area contributed by atoms with Crippen LogP contribution in [-0.4, -0.2) is 23.7 Å². The number of halogens is 1. The van der Waals surface area contributed by atoms with E-state index in [1.807, 2.05) is 18.2 Å². The zero-order chi connectivity index (χ0) is 25.2. The number of carbonyl (C=O) groups is 1. The minimum Gasteiger partial charge on any atom is -0.320 e. The molecule has 1 amide bonds. The van der Waals surface area contributed by atoms with Crippen LogP contribution in [0.5, 0.6) is 0 Å². The molecule has 0 bridgehead atoms. The Morgan fingerprint density at radius 2 is 1.57 bits per heavy atom. The highest BCUT2D eigenvalue weighted by molar-refractivity contribution is 7.92. The maximum absolute atomic E-state index is 13.1. The van der Waals surface area contributed by atoms with Gasteiger partial charge in [-0.05, 0) is 61.0 Å². The average Bonchev–Trinajstić information content (AvgIpc) is 3.04. The highest BCUT2D eigenvalue weighted by Gasteiger charge is 2.18. The standard InChI is InChI=1S/C25H23FN4O4S/c1-17-24(25(32)30(29(17)2)21-6-4-3-5-7-21)27-23(31)16-18-8-12-20(13-9-18)28-35(33,34)22-14-10-19(26)11-15-22/h3-15,28H,16H2,1-2H3,(H,27,31). The van der Waals surface area contributed by atoms with Gasteiger partial charge in [0.1, 0.15) is 11.5 Å². The molecule has 0 unspecified atom stereocenters. The molecule has 0 saturated carbocycles. The van der Waals surface area contributed by atoms with Crippen molar-refractivity contribution >= 4 is 27.3 Å². The van der Waals surface area contributed by atoms with Crippen molar-refractivity contribution in [3.8, 4) is 5.69 Å². The molecular weight excluding hydrogens is 471 g/mol. The van der Waals surface area contributed by atoms with Crippen LogP contribution in [0.4, 0.5) is 15.8 Å². The van der Waals surface area contributed by atoms with Gasteiger partial charge in [-0.1, -0.05) is 30.3 Å². The van der Waals surface area contributed by atoms with Gasteiger partial charge in [-0.25, -0.2) is 17.5 Å². The third-order valence-corrected chi connectivity index (χ3v) is 6.91. The van der Waals surface area contributed by atoms with E-state index >= 15 is 0 Å². The lowest BCUT2D eigenvalue weighted by Gasteiger charge is -2.09. The van der Waals surface area contributed by atoms with Crippen LogP contribution in [0.25, 0.3) is 5.69 Å². The summed E-state index contributed by atoms with van der Waals surface area (Å²) in [6, 6.07) is 19.9. The SMILES string of the molecule is Cc1c(NC(=O)Cc2ccc(NS(=O)(=O)c3ccc(F)cc3)cc2)c(=O)n(-c2ccccc2)n1C. The number of amides is 1. The van der Waals surface area contributed by atoms with E-state index < -0.39 is 15.8 Å². The normalized spacial score (nSPS) is 11.3. The van der Waals surface area contributed by atoms with Crippen molar-refractivity contribution in [3.05, 3.63) is 106 Å². The quantitative estimate of drug-likeness (QED) is 0.410. The molecule has 1 aromatic heterocycles. The minimum absolute atomic E-state index is 0.00982. The Hall–Kier alpha value is -4.18. The molecule has 3 aromatic carbocycles. The van der Waals surface area contributed by atoms with Gasteiger partial charge in [-0.15, -0.1) is 0 Å². The van der Waals surface area contributed by atoms with Gasteiger partial charge in [0.15, 0.2) is 0 Å². The van der Waals surface area contributed by atoms with Crippen molar-refractivity contribution in [3.63, 3.8) is 0 Å². The fraction of sp³-hybridized carbons (Fsp3) is 0.120. The van der Waals surface area contributed by atoms with Crippen LogP contribution in [0.1, 0.15) is 11.3 Å². The number of para-hydroxylation sites is 1. The summed E-state index contributed by atoms with van der Waals surface area (Å²) < 4.78 is 43.5. The molecule has 0 aliphatic heterocycles. The maximum atomic E-state index is 13.1. The second kappa shape index (κ2) is 9.59. The molecular formula is C25H23FN4O4S. The van der Waals surface area contributed by atoms with Gasteiger partial charge in [0.05, 0.1) is 22.7 Å². The number of benzene rings is 3. The highest BCUT2D eigenvalue weighted by Crippen LogP contribution is 2.18. The van der Waals surface area contributed by atoms with Crippen molar-refractivity contribution in [2.24, 2.45) is 7.05 Å². The van der Waals surface area contributed by atoms with Crippen LogP contribution >= 0.6 is 0 Å². The van der Waals surface area contributed by atoms with E-state index in [4.69, 9.17) is 0 Å². The van der Waals surface area contributed by atoms with Crippen LogP contribution in [-0.2, 0) is 28.3 Å². The minimum atomic E-state index is -3.88. The third-order valence-electron chi connectivity index (χ3n) is 5.51. The zero-order valence-electron chi connectivity index (χ0n) is 19.0. The van der Waals surface area contributed by atoms with E-state index in [2.05, 4.69) is 10.0 Å². The van der Waals surface area contributed by atoms with Crippen molar-refractivity contribution in [2.75, 3.05) is 10.0 Å². The number of anilines is 2. The molecule has 0 aliphatic rings. The lowest BCUT2D eigenvalue weighted by Crippen LogP contribution is -2.23. The summed E-state index contributed by atoms with van der Waals surface area (Å²) in [6.45, 7) is 1.75. The number of nitrogens with zero attached hydrogens (tertiary/aromatic N) is 2. The Kier molecular flexibility index (Phi) is 6.57. The molecule has 4 aromatic rings. The molecule has 180 valence electrons. The van der Waals surface area contributed by atoms with E-state index in [-0.39, 0.29) is 28.5 Å². The van der Waals surface area contributed by atoms with Crippen molar-refractivity contribution < 1.29 is 17.6 Å². The number of hydrogen-bond donors (Lipinski definition) is 2. The van der Waals surface area contributed by atoms with Gasteiger partial charge in [0.25, 0.3) is 15.6 Å². The first-order chi connectivity index (χ1) is 16.7. The number of hydrogen-bond acceptors (Lipinski definition) is 4. The lowest BCUT2D eigenvalue weighted by atomic mass is 10.1. The van der Waals surface area contributed by atoms with E-state index in [1.54, 1.807) is 42.9 Å². The monoisotopic (exact) mass is 494 g/mol. The van der Waals surface area contributed by atoms with E-state index in [9.17, 15) is 22.4 Å². The topological polar surface area (TPSA) is 102 Å². The van der Waals surface area contributed by atoms with Crippen LogP contribution < -0.4 is 15.6 Å². The molecule has 4 rings (SSSR count). The van der Waals surface area contributed by atoms with Gasteiger partial charge in [0.2, 0.25) is 5.91 Å². The number of aromatic nitrogens is 2. The predicted octanol–water partition coefficient (Wildman–Crippen LogP) is 3.61. The Morgan fingerprint density at radius 1 is 0.943 bits per heavy atom. The van der Waals surface area contributed by atoms with Crippen LogP contribution in [0.3, 0.4) is 0 Å². The first-order valence-corrected chi connectivity index (χ1v) is 12.2. The molecule has 1 heterocycles. The highest BCUT2D eigenvalue weighted by atomic mass is 32.2. The Balaban J connectivity index is 1.45. The largest absolute Gasteiger partial charge is 0.320 e. The number of carbonyl (C=O) groups excluding carboxylic acids is 1. The fourth-order valence-corrected chi connectivity index (χ4v) is 4.66. The molecule has 0 fully saturated rings. The van der Waals surface area contributed by atoms with E-state index in [1.165, 1.54) is 28.9 Å². The maximum Gasteiger partial charge on any atom is 0.295 e. The molecule has 10 heteroatoms. The lowest BCUT2D eigenvalue weighted by molar-refractivity contribution is -0.115.